The van der Waals surface area contributed by atoms with Crippen molar-refractivity contribution in [2.24, 2.45) is 23.7 Å². The van der Waals surface area contributed by atoms with Crippen LogP contribution in [-0.2, 0) is 47.6 Å². The van der Waals surface area contributed by atoms with E-state index < -0.39 is 23.7 Å². The summed E-state index contributed by atoms with van der Waals surface area (Å²) in [5, 5.41) is 0. The first-order valence-corrected chi connectivity index (χ1v) is 21.9. The second kappa shape index (κ2) is 25.1. The number of fused-ring (bicyclic) bond motifs is 2. The lowest BCUT2D eigenvalue weighted by Gasteiger charge is -2.26. The van der Waals surface area contributed by atoms with Gasteiger partial charge in [-0.1, -0.05) is 123 Å². The normalized spacial score (nSPS) is 26.9. The van der Waals surface area contributed by atoms with Crippen LogP contribution >= 0.6 is 0 Å². The van der Waals surface area contributed by atoms with Gasteiger partial charge >= 0.3 is 23.9 Å². The molecule has 0 amide bonds. The third kappa shape index (κ3) is 16.2. The van der Waals surface area contributed by atoms with E-state index in [2.05, 4.69) is 13.8 Å². The first kappa shape index (κ1) is 43.5. The van der Waals surface area contributed by atoms with Gasteiger partial charge in [0.25, 0.3) is 0 Å². The van der Waals surface area contributed by atoms with Gasteiger partial charge in [-0.05, 0) is 51.4 Å². The third-order valence-corrected chi connectivity index (χ3v) is 11.8. The maximum atomic E-state index is 12.9. The van der Waals surface area contributed by atoms with Crippen LogP contribution in [0.3, 0.4) is 0 Å². The summed E-state index contributed by atoms with van der Waals surface area (Å²) in [4.78, 5) is 51.6. The van der Waals surface area contributed by atoms with Crippen LogP contribution in [0.1, 0.15) is 174 Å². The molecule has 2 saturated heterocycles. The van der Waals surface area contributed by atoms with Gasteiger partial charge in [0.05, 0.1) is 74.5 Å². The van der Waals surface area contributed by atoms with Gasteiger partial charge in [-0.25, -0.2) is 0 Å². The fraction of sp³-hybridized carbons (Fsp3) is 0.907. The summed E-state index contributed by atoms with van der Waals surface area (Å²) in [7, 11) is 0. The predicted molar refractivity (Wildman–Crippen MR) is 202 cm³/mol. The van der Waals surface area contributed by atoms with E-state index >= 15 is 0 Å². The van der Waals surface area contributed by atoms with Gasteiger partial charge in [0.2, 0.25) is 0 Å². The SMILES string of the molecule is CCCCCCCCOC(=O)C1CC2OC2CC1C(=O)OCCCCCCCCCCCOC(=O)C1CC2OC2CC1C(=O)OCCCCCCCC. The minimum absolute atomic E-state index is 0.0807. The standard InChI is InChI=1S/C43H72O10/c1-3-5-7-9-16-20-24-48-40(44)32-28-36-38(52-36)30-34(32)42(46)50-26-22-18-14-12-11-13-15-19-23-27-51-43(47)35-31-39-37(53-39)29-33(35)41(45)49-25-21-17-10-8-6-4-2/h32-39H,3-31H2,1-2H3. The van der Waals surface area contributed by atoms with Crippen molar-refractivity contribution < 1.29 is 47.6 Å². The van der Waals surface area contributed by atoms with Crippen LogP contribution < -0.4 is 0 Å². The van der Waals surface area contributed by atoms with E-state index in [-0.39, 0.29) is 48.3 Å². The molecule has 0 spiro atoms. The molecular formula is C43H72O10. The van der Waals surface area contributed by atoms with E-state index in [1.54, 1.807) is 0 Å². The Morgan fingerprint density at radius 1 is 0.358 bits per heavy atom. The smallest absolute Gasteiger partial charge is 0.309 e. The Morgan fingerprint density at radius 3 is 0.792 bits per heavy atom. The number of hydrogen-bond acceptors (Lipinski definition) is 10. The van der Waals surface area contributed by atoms with Gasteiger partial charge < -0.3 is 28.4 Å². The van der Waals surface area contributed by atoms with E-state index in [0.717, 1.165) is 83.5 Å². The molecule has 0 aromatic rings. The number of epoxide rings is 2. The predicted octanol–water partition coefficient (Wildman–Crippen LogP) is 8.98. The first-order valence-electron chi connectivity index (χ1n) is 21.9. The highest BCUT2D eigenvalue weighted by atomic mass is 16.6. The minimum atomic E-state index is -0.466. The van der Waals surface area contributed by atoms with E-state index in [9.17, 15) is 19.2 Å². The molecule has 0 aromatic heterocycles. The summed E-state index contributed by atoms with van der Waals surface area (Å²) in [5.74, 6) is -2.95. The molecule has 2 saturated carbocycles. The molecule has 0 N–H and O–H groups in total. The maximum absolute atomic E-state index is 12.9. The number of rotatable bonds is 30. The topological polar surface area (TPSA) is 130 Å². The molecule has 0 radical (unpaired) electrons. The average molecular weight is 749 g/mol. The molecule has 2 heterocycles. The van der Waals surface area contributed by atoms with Gasteiger partial charge in [-0.3, -0.25) is 19.2 Å². The molecule has 0 bridgehead atoms. The van der Waals surface area contributed by atoms with Crippen molar-refractivity contribution in [1.82, 2.24) is 0 Å². The highest BCUT2D eigenvalue weighted by molar-refractivity contribution is 5.83. The summed E-state index contributed by atoms with van der Waals surface area (Å²) >= 11 is 0. The number of esters is 4. The molecule has 53 heavy (non-hydrogen) atoms. The van der Waals surface area contributed by atoms with Crippen molar-refractivity contribution in [3.63, 3.8) is 0 Å². The summed E-state index contributed by atoms with van der Waals surface area (Å²) in [6, 6.07) is 0. The van der Waals surface area contributed by atoms with Crippen molar-refractivity contribution in [2.75, 3.05) is 26.4 Å². The number of carbonyl (C=O) groups is 4. The molecule has 8 unspecified atom stereocenters. The van der Waals surface area contributed by atoms with Crippen LogP contribution in [0.4, 0.5) is 0 Å². The summed E-state index contributed by atoms with van der Waals surface area (Å²) < 4.78 is 33.7. The second-order valence-corrected chi connectivity index (χ2v) is 16.2. The van der Waals surface area contributed by atoms with E-state index in [0.29, 0.717) is 52.1 Å². The molecule has 0 aromatic carbocycles. The Morgan fingerprint density at radius 2 is 0.566 bits per heavy atom. The van der Waals surface area contributed by atoms with Crippen LogP contribution in [0, 0.1) is 23.7 Å². The van der Waals surface area contributed by atoms with Crippen LogP contribution in [0.2, 0.25) is 0 Å². The molecule has 10 heteroatoms. The minimum Gasteiger partial charge on any atom is -0.465 e. The van der Waals surface area contributed by atoms with Crippen molar-refractivity contribution >= 4 is 23.9 Å². The van der Waals surface area contributed by atoms with Crippen molar-refractivity contribution in [3.05, 3.63) is 0 Å². The van der Waals surface area contributed by atoms with Gasteiger partial charge in [-0.2, -0.15) is 0 Å². The molecular weight excluding hydrogens is 676 g/mol. The molecule has 304 valence electrons. The first-order chi connectivity index (χ1) is 25.9. The zero-order chi connectivity index (χ0) is 37.7. The molecule has 2 aliphatic carbocycles. The second-order valence-electron chi connectivity index (χ2n) is 16.2. The summed E-state index contributed by atoms with van der Waals surface area (Å²) in [6.07, 6.45) is 25.4. The Balaban J connectivity index is 0.967. The molecule has 2 aliphatic heterocycles. The highest BCUT2D eigenvalue weighted by Crippen LogP contribution is 2.45. The van der Waals surface area contributed by atoms with Gasteiger partial charge in [-0.15, -0.1) is 0 Å². The van der Waals surface area contributed by atoms with Crippen LogP contribution in [0.25, 0.3) is 0 Å². The zero-order valence-electron chi connectivity index (χ0n) is 33.2. The Hall–Kier alpha value is -2.20. The highest BCUT2D eigenvalue weighted by Gasteiger charge is 2.54. The fourth-order valence-corrected chi connectivity index (χ4v) is 8.21. The third-order valence-electron chi connectivity index (χ3n) is 11.8. The average Bonchev–Trinajstić information content (AvgIpc) is 4.10. The van der Waals surface area contributed by atoms with Crippen molar-refractivity contribution in [3.8, 4) is 0 Å². The largest absolute Gasteiger partial charge is 0.465 e. The number of carbonyl (C=O) groups excluding carboxylic acids is 4. The van der Waals surface area contributed by atoms with E-state index in [1.807, 2.05) is 0 Å². The van der Waals surface area contributed by atoms with Gasteiger partial charge in [0.15, 0.2) is 0 Å². The van der Waals surface area contributed by atoms with Gasteiger partial charge in [0, 0.05) is 0 Å². The Bertz CT molecular complexity index is 997. The summed E-state index contributed by atoms with van der Waals surface area (Å²) in [6.45, 7) is 6.02. The molecule has 4 aliphatic rings. The quantitative estimate of drug-likeness (QED) is 0.0304. The lowest BCUT2D eigenvalue weighted by Crippen LogP contribution is -2.37. The molecule has 10 nitrogen and oxygen atoms in total. The number of ether oxygens (including phenoxy) is 6. The van der Waals surface area contributed by atoms with Crippen LogP contribution in [-0.4, -0.2) is 74.7 Å². The van der Waals surface area contributed by atoms with E-state index in [4.69, 9.17) is 28.4 Å². The van der Waals surface area contributed by atoms with Gasteiger partial charge in [0.1, 0.15) is 0 Å². The summed E-state index contributed by atoms with van der Waals surface area (Å²) in [5.41, 5.74) is 0. The Labute approximate surface area is 319 Å². The molecule has 4 rings (SSSR count). The number of hydrogen-bond donors (Lipinski definition) is 0. The Kier molecular flexibility index (Phi) is 20.6. The lowest BCUT2D eigenvalue weighted by atomic mass is 9.79. The lowest BCUT2D eigenvalue weighted by molar-refractivity contribution is -0.162. The van der Waals surface area contributed by atoms with E-state index in [1.165, 1.54) is 51.4 Å². The number of unbranched alkanes of at least 4 members (excludes halogenated alkanes) is 18. The zero-order valence-corrected chi connectivity index (χ0v) is 33.2. The van der Waals surface area contributed by atoms with Crippen LogP contribution in [0.15, 0.2) is 0 Å². The fourth-order valence-electron chi connectivity index (χ4n) is 8.21. The van der Waals surface area contributed by atoms with Crippen molar-refractivity contribution in [1.29, 1.82) is 0 Å². The molecule has 4 fully saturated rings. The maximum Gasteiger partial charge on any atom is 0.309 e. The molecule has 8 atom stereocenters. The van der Waals surface area contributed by atoms with Crippen LogP contribution in [0.5, 0.6) is 0 Å². The monoisotopic (exact) mass is 749 g/mol. The van der Waals surface area contributed by atoms with Crippen molar-refractivity contribution in [2.45, 2.75) is 199 Å².